The smallest absolute Gasteiger partial charge is 0.423 e. The predicted molar refractivity (Wildman–Crippen MR) is 420 cm³/mol. The Balaban J connectivity index is 1.24. The van der Waals surface area contributed by atoms with Gasteiger partial charge in [-0.1, -0.05) is 399 Å². The van der Waals surface area contributed by atoms with Crippen molar-refractivity contribution in [1.29, 1.82) is 0 Å². The Bertz CT molecular complexity index is 2710. The average molecular weight is 1390 g/mol. The summed E-state index contributed by atoms with van der Waals surface area (Å²) in [6.45, 7) is 9.11. The topological polar surface area (TPSA) is 132 Å². The van der Waals surface area contributed by atoms with Crippen LogP contribution in [0.2, 0.25) is 0 Å². The Morgan fingerprint density at radius 2 is 0.459 bits per heavy atom. The summed E-state index contributed by atoms with van der Waals surface area (Å²) in [5.41, 5.74) is 3.89. The molecular weight excluding hydrogens is 1250 g/mol. The molecule has 14 heteroatoms. The van der Waals surface area contributed by atoms with Crippen molar-refractivity contribution in [1.82, 2.24) is 17.5 Å². The molecule has 2 heterocycles. The van der Waals surface area contributed by atoms with Gasteiger partial charge in [0.25, 0.3) is 0 Å². The van der Waals surface area contributed by atoms with E-state index in [1.807, 2.05) is 12.1 Å². The molecule has 0 spiro atoms. The van der Waals surface area contributed by atoms with Crippen molar-refractivity contribution in [2.45, 2.75) is 424 Å². The van der Waals surface area contributed by atoms with Crippen LogP contribution in [-0.4, -0.2) is 51.8 Å². The van der Waals surface area contributed by atoms with E-state index in [2.05, 4.69) is 27.7 Å². The fourth-order valence-corrected chi connectivity index (χ4v) is 18.8. The number of rotatable bonds is 62. The van der Waals surface area contributed by atoms with E-state index in [0.717, 1.165) is 137 Å². The molecule has 7 rings (SSSR count). The highest BCUT2D eigenvalue weighted by Crippen LogP contribution is 2.65. The molecule has 2 aliphatic carbocycles. The van der Waals surface area contributed by atoms with Gasteiger partial charge < -0.3 is 20.1 Å². The number of aromatic nitrogens is 4. The minimum Gasteiger partial charge on any atom is -0.423 e. The summed E-state index contributed by atoms with van der Waals surface area (Å²) < 4.78 is 59.6. The summed E-state index contributed by atoms with van der Waals surface area (Å²) in [7, 11) is -3.71. The van der Waals surface area contributed by atoms with Gasteiger partial charge in [-0.05, 0) is 36.8 Å². The zero-order chi connectivity index (χ0) is 69.5. The largest absolute Gasteiger partial charge is 0.490 e. The van der Waals surface area contributed by atoms with Crippen molar-refractivity contribution in [3.63, 3.8) is 0 Å². The molecule has 0 atom stereocenters. The van der Waals surface area contributed by atoms with Gasteiger partial charge in [0.05, 0.1) is 23.5 Å². The summed E-state index contributed by atoms with van der Waals surface area (Å²) in [6, 6.07) is 3.73. The fourth-order valence-electron chi connectivity index (χ4n) is 17.7. The average Bonchev–Trinajstić information content (AvgIpc) is 1.50. The highest BCUT2D eigenvalue weighted by atomic mass is 32.1. The lowest BCUT2D eigenvalue weighted by molar-refractivity contribution is 0.374. The van der Waals surface area contributed by atoms with E-state index in [-0.39, 0.29) is 22.1 Å². The summed E-state index contributed by atoms with van der Waals surface area (Å²) in [5, 5.41) is 45.1. The van der Waals surface area contributed by atoms with Crippen molar-refractivity contribution in [2.75, 3.05) is 0 Å². The molecule has 0 radical (unpaired) electrons. The molecule has 0 aliphatic heterocycles. The molecule has 2 aromatic heterocycles. The van der Waals surface area contributed by atoms with Crippen LogP contribution in [0.3, 0.4) is 0 Å². The molecule has 2 aliphatic rings. The van der Waals surface area contributed by atoms with E-state index in [9.17, 15) is 20.1 Å². The van der Waals surface area contributed by atoms with Crippen LogP contribution in [0.15, 0.2) is 12.1 Å². The molecule has 3 aromatic carbocycles. The Kier molecular flexibility index (Phi) is 39.9. The molecular formula is C84H138B2F2N4O4S2. The van der Waals surface area contributed by atoms with Crippen LogP contribution >= 0.6 is 23.5 Å². The number of nitrogens with zero attached hydrogens (tertiary/aromatic N) is 4. The number of hydrogen-bond donors (Lipinski definition) is 4. The monoisotopic (exact) mass is 1390 g/mol. The Morgan fingerprint density at radius 3 is 0.653 bits per heavy atom. The van der Waals surface area contributed by atoms with Gasteiger partial charge in [0, 0.05) is 55.1 Å². The van der Waals surface area contributed by atoms with E-state index in [1.165, 1.54) is 257 Å². The lowest BCUT2D eigenvalue weighted by Gasteiger charge is -2.35. The Hall–Kier alpha value is -2.87. The van der Waals surface area contributed by atoms with E-state index < -0.39 is 36.7 Å². The first-order chi connectivity index (χ1) is 48.1. The molecule has 0 unspecified atom stereocenters. The number of benzene rings is 3. The first kappa shape index (κ1) is 82.4. The maximum absolute atomic E-state index is 20.2. The second-order valence-electron chi connectivity index (χ2n) is 31.1. The van der Waals surface area contributed by atoms with Crippen LogP contribution in [0, 0.1) is 11.6 Å². The van der Waals surface area contributed by atoms with Gasteiger partial charge in [0.2, 0.25) is 0 Å². The van der Waals surface area contributed by atoms with Crippen molar-refractivity contribution in [3.8, 4) is 22.3 Å². The quantitative estimate of drug-likeness (QED) is 0.0224. The van der Waals surface area contributed by atoms with Crippen molar-refractivity contribution < 1.29 is 28.9 Å². The summed E-state index contributed by atoms with van der Waals surface area (Å²) >= 11 is 1.98. The summed E-state index contributed by atoms with van der Waals surface area (Å²) in [5.74, 6) is -0.829. The first-order valence-electron chi connectivity index (χ1n) is 42.0. The third-order valence-corrected chi connectivity index (χ3v) is 24.4. The van der Waals surface area contributed by atoms with Crippen molar-refractivity contribution in [3.05, 3.63) is 46.0 Å². The Morgan fingerprint density at radius 1 is 0.276 bits per heavy atom. The summed E-state index contributed by atoms with van der Waals surface area (Å²) in [6.07, 6.45) is 70.6. The standard InChI is InChI=1S/C84H138B2F2N4O4S2/c1-5-9-13-17-21-25-29-33-37-41-45-49-53-57-61-83(62-58-54-50-46-42-38-34-30-26-22-18-14-10-6-2)67-65-69(85(93)94)79-81(91-97-89-79)71(67)73-75(83)77(87)74-72-68(66-70(86(95)96)80-82(72)92-98-90-80)84(76(74)78(73)88,63-59-55-51-47-43-39-35-31-27-23-19-15-11-7-3)64-60-56-52-48-44-40-36-32-28-24-20-16-12-8-4/h65-66,93-96H,5-64H2,1-4H3. The predicted octanol–water partition coefficient (Wildman–Crippen LogP) is 25.4. The molecule has 8 nitrogen and oxygen atoms in total. The number of fused-ring (bicyclic) bond motifs is 10. The molecule has 0 fully saturated rings. The minimum atomic E-state index is -1.86. The molecule has 0 amide bonds. The highest BCUT2D eigenvalue weighted by Gasteiger charge is 2.55. The molecule has 550 valence electrons. The van der Waals surface area contributed by atoms with Gasteiger partial charge in [0.15, 0.2) is 0 Å². The van der Waals surface area contributed by atoms with Crippen molar-refractivity contribution >= 4 is 70.7 Å². The van der Waals surface area contributed by atoms with E-state index in [4.69, 9.17) is 17.5 Å². The normalized spacial score (nSPS) is 13.6. The first-order valence-corrected chi connectivity index (χ1v) is 43.5. The SMILES string of the molecule is CCCCCCCCCCCCCCCCC1(CCCCCCCCCCCCCCCC)c2cc(B(O)O)c3nsnc3c2-c2c(F)c3c(c(F)c21)-c1c(cc(B(O)O)c2nsnc12)C3(CCCCCCCCCCCCCCCC)CCCCCCCCCCCCCCCC. The van der Waals surface area contributed by atoms with Crippen LogP contribution in [-0.2, 0) is 10.8 Å². The lowest BCUT2D eigenvalue weighted by atomic mass is 9.67. The molecule has 0 bridgehead atoms. The van der Waals surface area contributed by atoms with E-state index in [0.29, 0.717) is 70.0 Å². The molecule has 5 aromatic rings. The van der Waals surface area contributed by atoms with Crippen LogP contribution < -0.4 is 10.9 Å². The zero-order valence-corrected chi connectivity index (χ0v) is 64.5. The van der Waals surface area contributed by atoms with Gasteiger partial charge in [-0.25, -0.2) is 8.78 Å². The highest BCUT2D eigenvalue weighted by molar-refractivity contribution is 7.00. The van der Waals surface area contributed by atoms with Gasteiger partial charge >= 0.3 is 14.2 Å². The van der Waals surface area contributed by atoms with Crippen LogP contribution in [0.5, 0.6) is 0 Å². The number of halogens is 2. The van der Waals surface area contributed by atoms with Crippen molar-refractivity contribution in [2.24, 2.45) is 0 Å². The van der Waals surface area contributed by atoms with Gasteiger partial charge in [-0.2, -0.15) is 17.5 Å². The maximum atomic E-state index is 20.2. The molecule has 0 saturated heterocycles. The van der Waals surface area contributed by atoms with E-state index >= 15 is 8.78 Å². The van der Waals surface area contributed by atoms with Crippen LogP contribution in [0.1, 0.15) is 435 Å². The second-order valence-corrected chi connectivity index (χ2v) is 32.2. The van der Waals surface area contributed by atoms with E-state index in [1.54, 1.807) is 0 Å². The molecule has 0 saturated carbocycles. The number of hydrogen-bond acceptors (Lipinski definition) is 10. The molecule has 98 heavy (non-hydrogen) atoms. The number of unbranched alkanes of at least 4 members (excludes halogenated alkanes) is 52. The van der Waals surface area contributed by atoms with Gasteiger partial charge in [-0.3, -0.25) is 0 Å². The van der Waals surface area contributed by atoms with Crippen LogP contribution in [0.25, 0.3) is 44.3 Å². The van der Waals surface area contributed by atoms with Crippen LogP contribution in [0.4, 0.5) is 8.78 Å². The second kappa shape index (κ2) is 47.5. The van der Waals surface area contributed by atoms with Gasteiger partial charge in [0.1, 0.15) is 33.7 Å². The Labute approximate surface area is 605 Å². The lowest BCUT2D eigenvalue weighted by Crippen LogP contribution is -2.34. The third-order valence-electron chi connectivity index (χ3n) is 23.4. The van der Waals surface area contributed by atoms with Gasteiger partial charge in [-0.15, -0.1) is 0 Å². The minimum absolute atomic E-state index is 0.237. The zero-order valence-electron chi connectivity index (χ0n) is 62.9. The third kappa shape index (κ3) is 24.1. The molecule has 4 N–H and O–H groups in total. The fraction of sp³-hybridized carbons (Fsp3) is 0.786. The summed E-state index contributed by atoms with van der Waals surface area (Å²) in [4.78, 5) is 0. The maximum Gasteiger partial charge on any atom is 0.490 e.